The van der Waals surface area contributed by atoms with E-state index in [4.69, 9.17) is 23.2 Å². The second-order valence-electron chi connectivity index (χ2n) is 4.49. The highest BCUT2D eigenvalue weighted by atomic mass is 35.5. The van der Waals surface area contributed by atoms with E-state index in [0.29, 0.717) is 10.0 Å². The Labute approximate surface area is 106 Å². The fourth-order valence-electron chi connectivity index (χ4n) is 2.27. The van der Waals surface area contributed by atoms with Crippen LogP contribution in [0.4, 0.5) is 11.4 Å². The number of rotatable bonds is 1. The fourth-order valence-corrected chi connectivity index (χ4v) is 2.60. The molecule has 2 nitrogen and oxygen atoms in total. The van der Waals surface area contributed by atoms with Gasteiger partial charge >= 0.3 is 0 Å². The van der Waals surface area contributed by atoms with E-state index < -0.39 is 0 Å². The van der Waals surface area contributed by atoms with Crippen LogP contribution in [0, 0.1) is 0 Å². The quantitative estimate of drug-likeness (QED) is 0.823. The molecule has 1 aliphatic carbocycles. The number of fused-ring (bicyclic) bond motifs is 1. The number of benzene rings is 1. The van der Waals surface area contributed by atoms with Crippen molar-refractivity contribution in [1.29, 1.82) is 0 Å². The first-order valence-corrected chi connectivity index (χ1v) is 6.51. The van der Waals surface area contributed by atoms with E-state index in [0.717, 1.165) is 24.8 Å². The van der Waals surface area contributed by atoms with Crippen LogP contribution >= 0.6 is 23.2 Å². The van der Waals surface area contributed by atoms with Crippen molar-refractivity contribution < 1.29 is 0 Å². The lowest BCUT2D eigenvalue weighted by atomic mass is 10.2. The average Bonchev–Trinajstić information content (AvgIpc) is 3.05. The molecule has 0 aromatic heterocycles. The highest BCUT2D eigenvalue weighted by Crippen LogP contribution is 2.41. The van der Waals surface area contributed by atoms with E-state index in [1.165, 1.54) is 24.9 Å². The summed E-state index contributed by atoms with van der Waals surface area (Å²) in [5, 5.41) is 4.70. The molecule has 2 aliphatic rings. The Morgan fingerprint density at radius 2 is 1.94 bits per heavy atom. The van der Waals surface area contributed by atoms with Crippen LogP contribution in [-0.2, 0) is 0 Å². The zero-order chi connectivity index (χ0) is 11.1. The maximum absolute atomic E-state index is 6.10. The van der Waals surface area contributed by atoms with E-state index in [2.05, 4.69) is 10.2 Å². The SMILES string of the molecule is Clc1cc2c(cc1Cl)N(C1CC1)CCCN2. The molecule has 1 N–H and O–H groups in total. The second-order valence-corrected chi connectivity index (χ2v) is 5.30. The molecule has 16 heavy (non-hydrogen) atoms. The van der Waals surface area contributed by atoms with Crippen LogP contribution in [0.1, 0.15) is 19.3 Å². The summed E-state index contributed by atoms with van der Waals surface area (Å²) in [5.41, 5.74) is 2.34. The molecule has 1 fully saturated rings. The molecule has 86 valence electrons. The lowest BCUT2D eigenvalue weighted by Gasteiger charge is -2.24. The lowest BCUT2D eigenvalue weighted by Crippen LogP contribution is -2.26. The Kier molecular flexibility index (Phi) is 2.64. The lowest BCUT2D eigenvalue weighted by molar-refractivity contribution is 0.760. The van der Waals surface area contributed by atoms with Crippen LogP contribution in [0.25, 0.3) is 0 Å². The third-order valence-electron chi connectivity index (χ3n) is 3.23. The van der Waals surface area contributed by atoms with Gasteiger partial charge in [0.15, 0.2) is 0 Å². The topological polar surface area (TPSA) is 15.3 Å². The average molecular weight is 257 g/mol. The van der Waals surface area contributed by atoms with Gasteiger partial charge in [0.05, 0.1) is 21.4 Å². The summed E-state index contributed by atoms with van der Waals surface area (Å²) in [5.74, 6) is 0. The molecule has 0 radical (unpaired) electrons. The first kappa shape index (κ1) is 10.5. The van der Waals surface area contributed by atoms with Gasteiger partial charge in [0.2, 0.25) is 0 Å². The molecule has 0 atom stereocenters. The van der Waals surface area contributed by atoms with Crippen molar-refractivity contribution in [3.63, 3.8) is 0 Å². The first-order valence-electron chi connectivity index (χ1n) is 5.75. The van der Waals surface area contributed by atoms with E-state index in [-0.39, 0.29) is 0 Å². The van der Waals surface area contributed by atoms with Gasteiger partial charge in [-0.25, -0.2) is 0 Å². The molecular weight excluding hydrogens is 243 g/mol. The summed E-state index contributed by atoms with van der Waals surface area (Å²) >= 11 is 12.2. The largest absolute Gasteiger partial charge is 0.383 e. The van der Waals surface area contributed by atoms with Gasteiger partial charge in [0, 0.05) is 19.1 Å². The molecule has 1 aliphatic heterocycles. The summed E-state index contributed by atoms with van der Waals surface area (Å²) in [6, 6.07) is 4.66. The Hall–Kier alpha value is -0.600. The first-order chi connectivity index (χ1) is 7.75. The maximum Gasteiger partial charge on any atom is 0.0620 e. The molecule has 0 unspecified atom stereocenters. The van der Waals surface area contributed by atoms with Crippen molar-refractivity contribution in [2.45, 2.75) is 25.3 Å². The van der Waals surface area contributed by atoms with Gasteiger partial charge in [0.1, 0.15) is 0 Å². The predicted molar refractivity (Wildman–Crippen MR) is 69.9 cm³/mol. The van der Waals surface area contributed by atoms with E-state index in [1.807, 2.05) is 12.1 Å². The van der Waals surface area contributed by atoms with Gasteiger partial charge in [-0.2, -0.15) is 0 Å². The summed E-state index contributed by atoms with van der Waals surface area (Å²) in [6.45, 7) is 2.12. The molecule has 0 spiro atoms. The van der Waals surface area contributed by atoms with Gasteiger partial charge in [-0.1, -0.05) is 23.2 Å². The van der Waals surface area contributed by atoms with Crippen LogP contribution in [0.2, 0.25) is 10.0 Å². The minimum Gasteiger partial charge on any atom is -0.383 e. The molecule has 1 aromatic carbocycles. The monoisotopic (exact) mass is 256 g/mol. The van der Waals surface area contributed by atoms with Gasteiger partial charge in [-0.05, 0) is 31.4 Å². The standard InChI is InChI=1S/C12H14Cl2N2/c13-9-6-11-12(7-10(9)14)16(8-2-3-8)5-1-4-15-11/h6-8,15H,1-5H2. The number of hydrogen-bond acceptors (Lipinski definition) is 2. The van der Waals surface area contributed by atoms with Gasteiger partial charge in [-0.15, -0.1) is 0 Å². The number of nitrogens with zero attached hydrogens (tertiary/aromatic N) is 1. The molecule has 4 heteroatoms. The molecule has 1 saturated carbocycles. The molecular formula is C12H14Cl2N2. The van der Waals surface area contributed by atoms with Crippen molar-refractivity contribution in [2.75, 3.05) is 23.3 Å². The number of anilines is 2. The summed E-state index contributed by atoms with van der Waals surface area (Å²) in [7, 11) is 0. The maximum atomic E-state index is 6.10. The third-order valence-corrected chi connectivity index (χ3v) is 3.95. The van der Waals surface area contributed by atoms with Crippen LogP contribution < -0.4 is 10.2 Å². The predicted octanol–water partition coefficient (Wildman–Crippen LogP) is 3.78. The van der Waals surface area contributed by atoms with Gasteiger partial charge < -0.3 is 10.2 Å². The normalized spacial score (nSPS) is 20.0. The van der Waals surface area contributed by atoms with E-state index in [9.17, 15) is 0 Å². The second kappa shape index (κ2) is 4.01. The minimum absolute atomic E-state index is 0.630. The summed E-state index contributed by atoms with van der Waals surface area (Å²) in [6.07, 6.45) is 3.78. The van der Waals surface area contributed by atoms with Crippen molar-refractivity contribution >= 4 is 34.6 Å². The van der Waals surface area contributed by atoms with Crippen LogP contribution in [0.5, 0.6) is 0 Å². The fraction of sp³-hybridized carbons (Fsp3) is 0.500. The Morgan fingerprint density at radius 1 is 1.19 bits per heavy atom. The van der Waals surface area contributed by atoms with Crippen LogP contribution in [-0.4, -0.2) is 19.1 Å². The Morgan fingerprint density at radius 3 is 2.69 bits per heavy atom. The molecule has 1 aromatic rings. The van der Waals surface area contributed by atoms with E-state index >= 15 is 0 Å². The zero-order valence-electron chi connectivity index (χ0n) is 8.97. The van der Waals surface area contributed by atoms with Crippen molar-refractivity contribution in [3.05, 3.63) is 22.2 Å². The van der Waals surface area contributed by atoms with Crippen LogP contribution in [0.15, 0.2) is 12.1 Å². The third kappa shape index (κ3) is 1.85. The number of nitrogens with one attached hydrogen (secondary N) is 1. The Bertz CT molecular complexity index is 416. The van der Waals surface area contributed by atoms with Gasteiger partial charge in [-0.3, -0.25) is 0 Å². The van der Waals surface area contributed by atoms with Gasteiger partial charge in [0.25, 0.3) is 0 Å². The Balaban J connectivity index is 2.05. The van der Waals surface area contributed by atoms with Crippen molar-refractivity contribution in [2.24, 2.45) is 0 Å². The molecule has 0 amide bonds. The minimum atomic E-state index is 0.630. The van der Waals surface area contributed by atoms with E-state index in [1.54, 1.807) is 0 Å². The number of hydrogen-bond donors (Lipinski definition) is 1. The van der Waals surface area contributed by atoms with Crippen molar-refractivity contribution in [3.8, 4) is 0 Å². The summed E-state index contributed by atoms with van der Waals surface area (Å²) in [4.78, 5) is 2.47. The van der Waals surface area contributed by atoms with Crippen LogP contribution in [0.3, 0.4) is 0 Å². The summed E-state index contributed by atoms with van der Waals surface area (Å²) < 4.78 is 0. The number of halogens is 2. The molecule has 0 saturated heterocycles. The zero-order valence-corrected chi connectivity index (χ0v) is 10.5. The molecule has 3 rings (SSSR count). The molecule has 1 heterocycles. The smallest absolute Gasteiger partial charge is 0.0620 e. The van der Waals surface area contributed by atoms with Crippen molar-refractivity contribution in [1.82, 2.24) is 0 Å². The highest BCUT2D eigenvalue weighted by Gasteiger charge is 2.31. The molecule has 0 bridgehead atoms. The highest BCUT2D eigenvalue weighted by molar-refractivity contribution is 6.42.